The van der Waals surface area contributed by atoms with E-state index in [0.717, 1.165) is 11.8 Å². The molecule has 3 aromatic rings. The number of carbonyl (C=O) groups excluding carboxylic acids is 2. The predicted octanol–water partition coefficient (Wildman–Crippen LogP) is 2.67. The molecule has 1 amide bonds. The van der Waals surface area contributed by atoms with Crippen molar-refractivity contribution in [1.29, 1.82) is 0 Å². The fraction of sp³-hybridized carbons (Fsp3) is 0.143. The van der Waals surface area contributed by atoms with E-state index in [9.17, 15) is 14.4 Å². The van der Waals surface area contributed by atoms with E-state index >= 15 is 0 Å². The molecule has 0 spiro atoms. The lowest BCUT2D eigenvalue weighted by molar-refractivity contribution is -0.118. The van der Waals surface area contributed by atoms with Gasteiger partial charge in [0.05, 0.1) is 23.2 Å². The Bertz CT molecular complexity index is 1080. The Hall–Kier alpha value is -3.19. The molecule has 0 radical (unpaired) electrons. The van der Waals surface area contributed by atoms with Gasteiger partial charge in [-0.25, -0.2) is 4.98 Å². The highest BCUT2D eigenvalue weighted by Gasteiger charge is 2.13. The van der Waals surface area contributed by atoms with E-state index in [1.165, 1.54) is 4.57 Å². The first kappa shape index (κ1) is 19.6. The van der Waals surface area contributed by atoms with Gasteiger partial charge in [0, 0.05) is 12.1 Å². The minimum atomic E-state index is -0.304. The standard InChI is InChI=1S/C21H19N3O3S/c1-2-12-24-20(27)16-10-6-7-11-17(16)23-21(24)28-14-19(26)22-13-18(25)15-8-4-3-5-9-15/h2-11H,1,12-14H2,(H,22,26). The smallest absolute Gasteiger partial charge is 0.262 e. The third-order valence-corrected chi connectivity index (χ3v) is 4.99. The molecule has 0 saturated carbocycles. The number of nitrogens with zero attached hydrogens (tertiary/aromatic N) is 2. The molecule has 142 valence electrons. The Morgan fingerprint density at radius 2 is 1.82 bits per heavy atom. The summed E-state index contributed by atoms with van der Waals surface area (Å²) in [5, 5.41) is 3.57. The SMILES string of the molecule is C=CCn1c(SCC(=O)NCC(=O)c2ccccc2)nc2ccccc2c1=O. The molecule has 6 nitrogen and oxygen atoms in total. The number of fused-ring (bicyclic) bond motifs is 1. The van der Waals surface area contributed by atoms with E-state index in [0.29, 0.717) is 28.2 Å². The Morgan fingerprint density at radius 1 is 1.11 bits per heavy atom. The number of ketones is 1. The van der Waals surface area contributed by atoms with Crippen molar-refractivity contribution >= 4 is 34.4 Å². The summed E-state index contributed by atoms with van der Waals surface area (Å²) in [6.45, 7) is 3.90. The summed E-state index contributed by atoms with van der Waals surface area (Å²) in [5.41, 5.74) is 0.953. The van der Waals surface area contributed by atoms with E-state index in [4.69, 9.17) is 0 Å². The van der Waals surface area contributed by atoms with E-state index in [1.54, 1.807) is 48.5 Å². The van der Waals surface area contributed by atoms with Crippen LogP contribution in [-0.2, 0) is 11.3 Å². The largest absolute Gasteiger partial charge is 0.348 e. The molecular weight excluding hydrogens is 374 g/mol. The third kappa shape index (κ3) is 4.55. The van der Waals surface area contributed by atoms with Gasteiger partial charge in [-0.15, -0.1) is 6.58 Å². The van der Waals surface area contributed by atoms with Gasteiger partial charge >= 0.3 is 0 Å². The van der Waals surface area contributed by atoms with Crippen LogP contribution in [0.5, 0.6) is 0 Å². The summed E-state index contributed by atoms with van der Waals surface area (Å²) in [7, 11) is 0. The Kier molecular flexibility index (Phi) is 6.39. The van der Waals surface area contributed by atoms with Crippen LogP contribution in [0.2, 0.25) is 0 Å². The Morgan fingerprint density at radius 3 is 2.57 bits per heavy atom. The summed E-state index contributed by atoms with van der Waals surface area (Å²) in [5.74, 6) is -0.419. The minimum Gasteiger partial charge on any atom is -0.348 e. The lowest BCUT2D eigenvalue weighted by atomic mass is 10.1. The van der Waals surface area contributed by atoms with Crippen molar-refractivity contribution < 1.29 is 9.59 Å². The van der Waals surface area contributed by atoms with Crippen molar-refractivity contribution in [3.8, 4) is 0 Å². The first-order valence-corrected chi connectivity index (χ1v) is 9.67. The maximum atomic E-state index is 12.7. The predicted molar refractivity (Wildman–Crippen MR) is 111 cm³/mol. The summed E-state index contributed by atoms with van der Waals surface area (Å²) in [4.78, 5) is 41.4. The lowest BCUT2D eigenvalue weighted by Gasteiger charge is -2.11. The molecule has 28 heavy (non-hydrogen) atoms. The average molecular weight is 393 g/mol. The number of benzene rings is 2. The number of hydrogen-bond donors (Lipinski definition) is 1. The Balaban J connectivity index is 1.68. The average Bonchev–Trinajstić information content (AvgIpc) is 2.73. The first-order chi connectivity index (χ1) is 13.6. The second-order valence-corrected chi connectivity index (χ2v) is 6.91. The van der Waals surface area contributed by atoms with E-state index in [1.807, 2.05) is 12.1 Å². The molecule has 0 unspecified atom stereocenters. The van der Waals surface area contributed by atoms with Crippen molar-refractivity contribution in [2.45, 2.75) is 11.7 Å². The van der Waals surface area contributed by atoms with E-state index in [-0.39, 0.29) is 29.5 Å². The van der Waals surface area contributed by atoms with Crippen LogP contribution in [0.3, 0.4) is 0 Å². The molecule has 0 atom stereocenters. The van der Waals surface area contributed by atoms with Gasteiger partial charge < -0.3 is 5.32 Å². The zero-order chi connectivity index (χ0) is 19.9. The quantitative estimate of drug-likeness (QED) is 0.275. The molecule has 0 aliphatic heterocycles. The van der Waals surface area contributed by atoms with Gasteiger partial charge in [0.25, 0.3) is 5.56 Å². The molecule has 0 saturated heterocycles. The number of allylic oxidation sites excluding steroid dienone is 1. The molecule has 2 aromatic carbocycles. The number of aromatic nitrogens is 2. The molecule has 1 heterocycles. The maximum Gasteiger partial charge on any atom is 0.262 e. The first-order valence-electron chi connectivity index (χ1n) is 8.68. The Labute approximate surface area is 166 Å². The normalized spacial score (nSPS) is 10.6. The fourth-order valence-corrected chi connectivity index (χ4v) is 3.47. The summed E-state index contributed by atoms with van der Waals surface area (Å²) in [6, 6.07) is 15.9. The summed E-state index contributed by atoms with van der Waals surface area (Å²) < 4.78 is 1.49. The van der Waals surface area contributed by atoms with Gasteiger partial charge in [0.15, 0.2) is 10.9 Å². The highest BCUT2D eigenvalue weighted by molar-refractivity contribution is 7.99. The van der Waals surface area contributed by atoms with Crippen LogP contribution < -0.4 is 10.9 Å². The van der Waals surface area contributed by atoms with Crippen LogP contribution in [0.25, 0.3) is 10.9 Å². The highest BCUT2D eigenvalue weighted by atomic mass is 32.2. The molecule has 7 heteroatoms. The molecule has 0 aliphatic carbocycles. The molecule has 1 aromatic heterocycles. The fourth-order valence-electron chi connectivity index (χ4n) is 2.63. The number of carbonyl (C=O) groups is 2. The van der Waals surface area contributed by atoms with Gasteiger partial charge in [0.1, 0.15) is 0 Å². The second kappa shape index (κ2) is 9.14. The lowest BCUT2D eigenvalue weighted by Crippen LogP contribution is -2.31. The summed E-state index contributed by atoms with van der Waals surface area (Å²) in [6.07, 6.45) is 1.61. The number of Topliss-reactive ketones (excluding diaryl/α,β-unsaturated/α-hetero) is 1. The van der Waals surface area contributed by atoms with E-state index < -0.39 is 0 Å². The van der Waals surface area contributed by atoms with Crippen LogP contribution in [-0.4, -0.2) is 33.5 Å². The molecule has 3 rings (SSSR count). The van der Waals surface area contributed by atoms with Crippen LogP contribution in [0.15, 0.2) is 77.2 Å². The molecule has 0 fully saturated rings. The van der Waals surface area contributed by atoms with Crippen molar-refractivity contribution in [3.05, 3.63) is 83.2 Å². The molecule has 0 aliphatic rings. The van der Waals surface area contributed by atoms with Gasteiger partial charge in [-0.2, -0.15) is 0 Å². The number of nitrogens with one attached hydrogen (secondary N) is 1. The number of amides is 1. The molecule has 0 bridgehead atoms. The van der Waals surface area contributed by atoms with Gasteiger partial charge in [-0.05, 0) is 12.1 Å². The van der Waals surface area contributed by atoms with Crippen LogP contribution in [0.4, 0.5) is 0 Å². The van der Waals surface area contributed by atoms with Crippen LogP contribution in [0.1, 0.15) is 10.4 Å². The van der Waals surface area contributed by atoms with Gasteiger partial charge in [-0.3, -0.25) is 19.0 Å². The zero-order valence-electron chi connectivity index (χ0n) is 15.1. The van der Waals surface area contributed by atoms with Crippen LogP contribution in [0, 0.1) is 0 Å². The number of rotatable bonds is 8. The van der Waals surface area contributed by atoms with Gasteiger partial charge in [-0.1, -0.05) is 60.3 Å². The topological polar surface area (TPSA) is 81.1 Å². The van der Waals surface area contributed by atoms with Crippen molar-refractivity contribution in [1.82, 2.24) is 14.9 Å². The van der Waals surface area contributed by atoms with Crippen molar-refractivity contribution in [3.63, 3.8) is 0 Å². The highest BCUT2D eigenvalue weighted by Crippen LogP contribution is 2.17. The maximum absolute atomic E-state index is 12.7. The number of para-hydroxylation sites is 1. The summed E-state index contributed by atoms with van der Waals surface area (Å²) >= 11 is 1.15. The van der Waals surface area contributed by atoms with Crippen molar-refractivity contribution in [2.24, 2.45) is 0 Å². The van der Waals surface area contributed by atoms with E-state index in [2.05, 4.69) is 16.9 Å². The van der Waals surface area contributed by atoms with Crippen LogP contribution >= 0.6 is 11.8 Å². The molecule has 1 N–H and O–H groups in total. The van der Waals surface area contributed by atoms with Crippen molar-refractivity contribution in [2.75, 3.05) is 12.3 Å². The molecular formula is C21H19N3O3S. The van der Waals surface area contributed by atoms with Gasteiger partial charge in [0.2, 0.25) is 5.91 Å². The number of hydrogen-bond acceptors (Lipinski definition) is 5. The second-order valence-electron chi connectivity index (χ2n) is 5.97. The number of thioether (sulfide) groups is 1. The minimum absolute atomic E-state index is 0.0456. The monoisotopic (exact) mass is 393 g/mol. The zero-order valence-corrected chi connectivity index (χ0v) is 15.9. The third-order valence-electron chi connectivity index (χ3n) is 4.01.